The SMILES string of the molecule is Cc1ccc(C(=O)Nc2sccc2C(=O)NN(C)C)cc1C. The molecule has 0 aliphatic rings. The lowest BCUT2D eigenvalue weighted by molar-refractivity contribution is 0.0858. The number of nitrogens with one attached hydrogen (secondary N) is 2. The van der Waals surface area contributed by atoms with Gasteiger partial charge >= 0.3 is 0 Å². The monoisotopic (exact) mass is 317 g/mol. The number of anilines is 1. The molecule has 0 unspecified atom stereocenters. The number of rotatable bonds is 4. The van der Waals surface area contributed by atoms with Gasteiger partial charge in [-0.1, -0.05) is 6.07 Å². The highest BCUT2D eigenvalue weighted by Gasteiger charge is 2.16. The van der Waals surface area contributed by atoms with E-state index in [0.717, 1.165) is 11.1 Å². The molecule has 1 aromatic carbocycles. The Hall–Kier alpha value is -2.18. The molecule has 0 atom stereocenters. The van der Waals surface area contributed by atoms with Crippen molar-refractivity contribution in [3.05, 3.63) is 51.9 Å². The van der Waals surface area contributed by atoms with Crippen molar-refractivity contribution < 1.29 is 9.59 Å². The molecule has 2 rings (SSSR count). The highest BCUT2D eigenvalue weighted by atomic mass is 32.1. The second kappa shape index (κ2) is 6.72. The first kappa shape index (κ1) is 16.2. The van der Waals surface area contributed by atoms with E-state index in [1.54, 1.807) is 36.6 Å². The number of hydrogen-bond acceptors (Lipinski definition) is 4. The molecule has 2 N–H and O–H groups in total. The quantitative estimate of drug-likeness (QED) is 0.853. The zero-order valence-corrected chi connectivity index (χ0v) is 13.9. The van der Waals surface area contributed by atoms with Crippen LogP contribution in [0.3, 0.4) is 0 Å². The first-order valence-electron chi connectivity index (χ1n) is 6.83. The molecule has 116 valence electrons. The van der Waals surface area contributed by atoms with E-state index in [2.05, 4.69) is 10.7 Å². The Kier molecular flexibility index (Phi) is 4.95. The molecule has 2 amide bonds. The van der Waals surface area contributed by atoms with Gasteiger partial charge in [0.15, 0.2) is 0 Å². The van der Waals surface area contributed by atoms with Gasteiger partial charge in [0, 0.05) is 19.7 Å². The molecule has 5 nitrogen and oxygen atoms in total. The molecule has 0 radical (unpaired) electrons. The molecule has 0 aliphatic heterocycles. The number of nitrogens with zero attached hydrogens (tertiary/aromatic N) is 1. The Labute approximate surface area is 133 Å². The van der Waals surface area contributed by atoms with Crippen molar-refractivity contribution in [3.8, 4) is 0 Å². The number of hydrazine groups is 1. The Morgan fingerprint density at radius 1 is 1.05 bits per heavy atom. The lowest BCUT2D eigenvalue weighted by atomic mass is 10.1. The topological polar surface area (TPSA) is 61.4 Å². The third kappa shape index (κ3) is 3.72. The van der Waals surface area contributed by atoms with Crippen LogP contribution < -0.4 is 10.7 Å². The lowest BCUT2D eigenvalue weighted by Crippen LogP contribution is -2.36. The number of hydrogen-bond donors (Lipinski definition) is 2. The number of aryl methyl sites for hydroxylation is 2. The summed E-state index contributed by atoms with van der Waals surface area (Å²) in [5, 5.41) is 6.69. The maximum atomic E-state index is 12.3. The van der Waals surface area contributed by atoms with Gasteiger partial charge < -0.3 is 5.32 Å². The lowest BCUT2D eigenvalue weighted by Gasteiger charge is -2.12. The summed E-state index contributed by atoms with van der Waals surface area (Å²) in [5.74, 6) is -0.467. The summed E-state index contributed by atoms with van der Waals surface area (Å²) in [4.78, 5) is 24.4. The van der Waals surface area contributed by atoms with Crippen molar-refractivity contribution in [1.29, 1.82) is 0 Å². The fourth-order valence-corrected chi connectivity index (χ4v) is 2.69. The minimum Gasteiger partial charge on any atom is -0.313 e. The molecule has 6 heteroatoms. The van der Waals surface area contributed by atoms with Gasteiger partial charge in [-0.15, -0.1) is 11.3 Å². The molecule has 1 aromatic heterocycles. The second-order valence-corrected chi connectivity index (χ2v) is 6.17. The van der Waals surface area contributed by atoms with Crippen LogP contribution in [0.15, 0.2) is 29.6 Å². The van der Waals surface area contributed by atoms with Crippen LogP contribution in [-0.2, 0) is 0 Å². The van der Waals surface area contributed by atoms with Gasteiger partial charge in [-0.2, -0.15) is 0 Å². The minimum absolute atomic E-state index is 0.218. The smallest absolute Gasteiger partial charge is 0.268 e. The van der Waals surface area contributed by atoms with Gasteiger partial charge in [0.25, 0.3) is 11.8 Å². The van der Waals surface area contributed by atoms with E-state index < -0.39 is 0 Å². The summed E-state index contributed by atoms with van der Waals surface area (Å²) in [6.07, 6.45) is 0. The standard InChI is InChI=1S/C16H19N3O2S/c1-10-5-6-12(9-11(10)2)14(20)17-16-13(7-8-22-16)15(21)18-19(3)4/h5-9H,1-4H3,(H,17,20)(H,18,21). The van der Waals surface area contributed by atoms with Crippen LogP contribution in [0, 0.1) is 13.8 Å². The van der Waals surface area contributed by atoms with Crippen molar-refractivity contribution in [2.24, 2.45) is 0 Å². The predicted octanol–water partition coefficient (Wildman–Crippen LogP) is 2.82. The molecule has 0 bridgehead atoms. The van der Waals surface area contributed by atoms with Crippen LogP contribution >= 0.6 is 11.3 Å². The molecule has 2 aromatic rings. The Morgan fingerprint density at radius 3 is 2.41 bits per heavy atom. The van der Waals surface area contributed by atoms with Gasteiger partial charge in [0.05, 0.1) is 5.56 Å². The average molecular weight is 317 g/mol. The van der Waals surface area contributed by atoms with Crippen molar-refractivity contribution >= 4 is 28.2 Å². The molecule has 22 heavy (non-hydrogen) atoms. The normalized spacial score (nSPS) is 10.6. The van der Waals surface area contributed by atoms with Gasteiger partial charge in [0.1, 0.15) is 5.00 Å². The molecular formula is C16H19N3O2S. The van der Waals surface area contributed by atoms with E-state index in [4.69, 9.17) is 0 Å². The maximum absolute atomic E-state index is 12.3. The van der Waals surface area contributed by atoms with Crippen molar-refractivity contribution in [1.82, 2.24) is 10.4 Å². The molecule has 1 heterocycles. The number of carbonyl (C=O) groups excluding carboxylic acids is 2. The molecule has 0 aliphatic carbocycles. The van der Waals surface area contributed by atoms with Crippen molar-refractivity contribution in [2.75, 3.05) is 19.4 Å². The third-order valence-corrected chi connectivity index (χ3v) is 4.06. The van der Waals surface area contributed by atoms with Gasteiger partial charge in [0.2, 0.25) is 0 Å². The van der Waals surface area contributed by atoms with Crippen LogP contribution in [0.2, 0.25) is 0 Å². The van der Waals surface area contributed by atoms with Crippen LogP contribution in [0.25, 0.3) is 0 Å². The van der Waals surface area contributed by atoms with Crippen LogP contribution in [0.1, 0.15) is 31.8 Å². The maximum Gasteiger partial charge on any atom is 0.268 e. The summed E-state index contributed by atoms with van der Waals surface area (Å²) in [6, 6.07) is 7.24. The van der Waals surface area contributed by atoms with Gasteiger partial charge in [-0.05, 0) is 48.6 Å². The number of carbonyl (C=O) groups is 2. The highest BCUT2D eigenvalue weighted by Crippen LogP contribution is 2.24. The molecule has 0 spiro atoms. The largest absolute Gasteiger partial charge is 0.313 e. The van der Waals surface area contributed by atoms with E-state index in [1.165, 1.54) is 11.3 Å². The van der Waals surface area contributed by atoms with Gasteiger partial charge in [-0.25, -0.2) is 5.01 Å². The predicted molar refractivity (Wildman–Crippen MR) is 89.3 cm³/mol. The minimum atomic E-state index is -0.248. The first-order chi connectivity index (χ1) is 10.4. The fourth-order valence-electron chi connectivity index (χ4n) is 1.91. The van der Waals surface area contributed by atoms with Crippen LogP contribution in [0.5, 0.6) is 0 Å². The summed E-state index contributed by atoms with van der Waals surface area (Å²) in [7, 11) is 3.47. The summed E-state index contributed by atoms with van der Waals surface area (Å²) < 4.78 is 0. The molecule has 0 saturated carbocycles. The number of benzene rings is 1. The van der Waals surface area contributed by atoms with Crippen molar-refractivity contribution in [2.45, 2.75) is 13.8 Å². The zero-order valence-electron chi connectivity index (χ0n) is 13.1. The zero-order chi connectivity index (χ0) is 16.3. The Bertz CT molecular complexity index is 707. The van der Waals surface area contributed by atoms with Crippen LogP contribution in [-0.4, -0.2) is 30.9 Å². The number of thiophene rings is 1. The Morgan fingerprint density at radius 2 is 1.77 bits per heavy atom. The summed E-state index contributed by atoms with van der Waals surface area (Å²) in [6.45, 7) is 3.97. The van der Waals surface area contributed by atoms with Crippen LogP contribution in [0.4, 0.5) is 5.00 Å². The first-order valence-corrected chi connectivity index (χ1v) is 7.71. The second-order valence-electron chi connectivity index (χ2n) is 5.25. The van der Waals surface area contributed by atoms with E-state index in [0.29, 0.717) is 16.1 Å². The van der Waals surface area contributed by atoms with E-state index in [-0.39, 0.29) is 11.8 Å². The van der Waals surface area contributed by atoms with Crippen molar-refractivity contribution in [3.63, 3.8) is 0 Å². The average Bonchev–Trinajstić information content (AvgIpc) is 2.89. The van der Waals surface area contributed by atoms with Gasteiger partial charge in [-0.3, -0.25) is 15.0 Å². The molecule has 0 fully saturated rings. The third-order valence-electron chi connectivity index (χ3n) is 3.23. The summed E-state index contributed by atoms with van der Waals surface area (Å²) in [5.41, 5.74) is 5.90. The fraction of sp³-hybridized carbons (Fsp3) is 0.250. The van der Waals surface area contributed by atoms with E-state index in [1.807, 2.05) is 26.0 Å². The molecular weight excluding hydrogens is 298 g/mol. The number of amides is 2. The highest BCUT2D eigenvalue weighted by molar-refractivity contribution is 7.14. The van der Waals surface area contributed by atoms with E-state index >= 15 is 0 Å². The molecule has 0 saturated heterocycles. The summed E-state index contributed by atoms with van der Waals surface area (Å²) >= 11 is 1.32. The Balaban J connectivity index is 2.17. The van der Waals surface area contributed by atoms with E-state index in [9.17, 15) is 9.59 Å².